The van der Waals surface area contributed by atoms with E-state index in [0.29, 0.717) is 38.9 Å². The van der Waals surface area contributed by atoms with Crippen LogP contribution < -0.4 is 15.2 Å². The summed E-state index contributed by atoms with van der Waals surface area (Å²) in [4.78, 5) is 0. The lowest BCUT2D eigenvalue weighted by Gasteiger charge is -2.35. The van der Waals surface area contributed by atoms with Gasteiger partial charge in [-0.15, -0.1) is 0 Å². The Morgan fingerprint density at radius 3 is 2.16 bits per heavy atom. The van der Waals surface area contributed by atoms with Gasteiger partial charge in [0.05, 0.1) is 13.2 Å². The first-order chi connectivity index (χ1) is 18.3. The van der Waals surface area contributed by atoms with E-state index < -0.39 is 0 Å². The Bertz CT molecular complexity index is 1240. The summed E-state index contributed by atoms with van der Waals surface area (Å²) in [5, 5.41) is 0. The first-order valence-corrected chi connectivity index (χ1v) is 13.2. The fraction of sp³-hybridized carbons (Fsp3) is 0.273. The first-order valence-electron chi connectivity index (χ1n) is 13.2. The summed E-state index contributed by atoms with van der Waals surface area (Å²) in [7, 11) is 0. The number of hydrogen-bond acceptors (Lipinski definition) is 4. The van der Waals surface area contributed by atoms with Crippen molar-refractivity contribution in [3.8, 4) is 11.5 Å². The maximum Gasteiger partial charge on any atom is 0.120 e. The fourth-order valence-corrected chi connectivity index (χ4v) is 5.27. The quantitative estimate of drug-likeness (QED) is 0.243. The largest absolute Gasteiger partial charge is 0.491 e. The molecule has 2 atom stereocenters. The second-order valence-electron chi connectivity index (χ2n) is 9.49. The summed E-state index contributed by atoms with van der Waals surface area (Å²) in [6.45, 7) is 2.72. The Balaban J connectivity index is 1.37. The number of aryl methyl sites for hydroxylation is 1. The molecule has 0 amide bonds. The summed E-state index contributed by atoms with van der Waals surface area (Å²) in [5.74, 6) is 2.48. The molecule has 37 heavy (non-hydrogen) atoms. The van der Waals surface area contributed by atoms with E-state index in [-0.39, 0.29) is 5.92 Å². The van der Waals surface area contributed by atoms with Crippen LogP contribution in [0.25, 0.3) is 0 Å². The van der Waals surface area contributed by atoms with Gasteiger partial charge < -0.3 is 19.9 Å². The highest BCUT2D eigenvalue weighted by molar-refractivity contribution is 5.48. The second-order valence-corrected chi connectivity index (χ2v) is 9.49. The molecule has 0 saturated carbocycles. The number of rotatable bonds is 11. The third-order valence-electron chi connectivity index (χ3n) is 7.05. The highest BCUT2D eigenvalue weighted by Crippen LogP contribution is 2.47. The van der Waals surface area contributed by atoms with Crippen LogP contribution in [0.5, 0.6) is 11.5 Å². The Morgan fingerprint density at radius 1 is 0.676 bits per heavy atom. The van der Waals surface area contributed by atoms with Crippen molar-refractivity contribution in [3.63, 3.8) is 0 Å². The highest BCUT2D eigenvalue weighted by Gasteiger charge is 2.32. The van der Waals surface area contributed by atoms with Crippen LogP contribution in [0.2, 0.25) is 0 Å². The Morgan fingerprint density at radius 2 is 1.41 bits per heavy atom. The number of fused-ring (bicyclic) bond motifs is 1. The SMILES string of the molecule is NCCOCCOc1ccc([C@@H]2c3ccc(OCc4ccccc4)cc3CC[C@@H]2c2ccccc2)cc1. The summed E-state index contributed by atoms with van der Waals surface area (Å²) < 4.78 is 17.4. The van der Waals surface area contributed by atoms with Crippen molar-refractivity contribution in [2.24, 2.45) is 5.73 Å². The van der Waals surface area contributed by atoms with Gasteiger partial charge >= 0.3 is 0 Å². The summed E-state index contributed by atoms with van der Waals surface area (Å²) in [6, 6.07) is 36.4. The molecule has 0 unspecified atom stereocenters. The predicted octanol–water partition coefficient (Wildman–Crippen LogP) is 6.48. The molecule has 4 nitrogen and oxygen atoms in total. The lowest BCUT2D eigenvalue weighted by atomic mass is 9.69. The molecule has 0 bridgehead atoms. The molecule has 4 heteroatoms. The van der Waals surface area contributed by atoms with E-state index in [1.165, 1.54) is 27.8 Å². The summed E-state index contributed by atoms with van der Waals surface area (Å²) in [5.41, 5.74) is 12.1. The number of benzene rings is 4. The van der Waals surface area contributed by atoms with Gasteiger partial charge in [-0.2, -0.15) is 0 Å². The topological polar surface area (TPSA) is 53.7 Å². The van der Waals surface area contributed by atoms with Crippen LogP contribution in [0.15, 0.2) is 103 Å². The zero-order valence-corrected chi connectivity index (χ0v) is 21.2. The minimum Gasteiger partial charge on any atom is -0.491 e. The van der Waals surface area contributed by atoms with Gasteiger partial charge in [0.1, 0.15) is 24.7 Å². The van der Waals surface area contributed by atoms with Crippen molar-refractivity contribution in [2.45, 2.75) is 31.3 Å². The van der Waals surface area contributed by atoms with E-state index in [2.05, 4.69) is 84.9 Å². The average molecular weight is 494 g/mol. The van der Waals surface area contributed by atoms with E-state index in [4.69, 9.17) is 19.9 Å². The normalized spacial score (nSPS) is 16.7. The molecule has 0 spiro atoms. The third kappa shape index (κ3) is 6.40. The van der Waals surface area contributed by atoms with Crippen LogP contribution in [0.1, 0.15) is 46.1 Å². The monoisotopic (exact) mass is 493 g/mol. The maximum atomic E-state index is 6.15. The Hall–Kier alpha value is -3.60. The molecule has 0 saturated heterocycles. The molecule has 2 N–H and O–H groups in total. The van der Waals surface area contributed by atoms with Gasteiger partial charge in [0.25, 0.3) is 0 Å². The van der Waals surface area contributed by atoms with E-state index in [1.54, 1.807) is 0 Å². The lowest BCUT2D eigenvalue weighted by Crippen LogP contribution is -2.20. The molecule has 190 valence electrons. The van der Waals surface area contributed by atoms with Crippen molar-refractivity contribution in [1.82, 2.24) is 0 Å². The molecular weight excluding hydrogens is 458 g/mol. The number of ether oxygens (including phenoxy) is 3. The molecule has 4 aromatic carbocycles. The summed E-state index contributed by atoms with van der Waals surface area (Å²) >= 11 is 0. The molecule has 0 aromatic heterocycles. The van der Waals surface area contributed by atoms with Crippen LogP contribution in [-0.4, -0.2) is 26.4 Å². The van der Waals surface area contributed by atoms with Gasteiger partial charge in [-0.25, -0.2) is 0 Å². The lowest BCUT2D eigenvalue weighted by molar-refractivity contribution is 0.106. The van der Waals surface area contributed by atoms with Crippen molar-refractivity contribution in [1.29, 1.82) is 0 Å². The standard InChI is InChI=1S/C33H35NO3/c34-19-20-35-21-22-36-29-14-11-27(12-15-29)33-31(26-9-5-2-6-10-26)17-13-28-23-30(16-18-32(28)33)37-24-25-7-3-1-4-8-25/h1-12,14-16,18,23,31,33H,13,17,19-22,24,34H2/t31-,33+/m1/s1. The van der Waals surface area contributed by atoms with Crippen LogP contribution in [0, 0.1) is 0 Å². The number of hydrogen-bond donors (Lipinski definition) is 1. The Kier molecular flexibility index (Phi) is 8.52. The summed E-state index contributed by atoms with van der Waals surface area (Å²) in [6.07, 6.45) is 2.14. The van der Waals surface area contributed by atoms with E-state index in [1.807, 2.05) is 18.2 Å². The van der Waals surface area contributed by atoms with Crippen LogP contribution in [0.3, 0.4) is 0 Å². The molecule has 5 rings (SSSR count). The fourth-order valence-electron chi connectivity index (χ4n) is 5.27. The molecule has 1 aliphatic rings. The van der Waals surface area contributed by atoms with Crippen molar-refractivity contribution < 1.29 is 14.2 Å². The van der Waals surface area contributed by atoms with Gasteiger partial charge in [-0.1, -0.05) is 78.9 Å². The molecular formula is C33H35NO3. The van der Waals surface area contributed by atoms with Crippen LogP contribution >= 0.6 is 0 Å². The van der Waals surface area contributed by atoms with Crippen LogP contribution in [0.4, 0.5) is 0 Å². The smallest absolute Gasteiger partial charge is 0.120 e. The van der Waals surface area contributed by atoms with Crippen molar-refractivity contribution >= 4 is 0 Å². The van der Waals surface area contributed by atoms with E-state index >= 15 is 0 Å². The van der Waals surface area contributed by atoms with Crippen molar-refractivity contribution in [2.75, 3.05) is 26.4 Å². The molecule has 0 radical (unpaired) electrons. The van der Waals surface area contributed by atoms with Crippen LogP contribution in [-0.2, 0) is 17.8 Å². The zero-order chi connectivity index (χ0) is 25.3. The van der Waals surface area contributed by atoms with Gasteiger partial charge in [0.15, 0.2) is 0 Å². The van der Waals surface area contributed by atoms with Gasteiger partial charge in [-0.05, 0) is 70.8 Å². The maximum absolute atomic E-state index is 6.15. The molecule has 0 fully saturated rings. The molecule has 4 aromatic rings. The van der Waals surface area contributed by atoms with Gasteiger partial charge in [-0.3, -0.25) is 0 Å². The number of nitrogens with two attached hydrogens (primary N) is 1. The Labute approximate surface area is 220 Å². The zero-order valence-electron chi connectivity index (χ0n) is 21.2. The minimum atomic E-state index is 0.274. The van der Waals surface area contributed by atoms with E-state index in [9.17, 15) is 0 Å². The molecule has 0 heterocycles. The first kappa shape index (κ1) is 25.1. The average Bonchev–Trinajstić information content (AvgIpc) is 2.96. The molecule has 0 aliphatic heterocycles. The second kappa shape index (κ2) is 12.6. The van der Waals surface area contributed by atoms with E-state index in [0.717, 1.165) is 24.3 Å². The third-order valence-corrected chi connectivity index (χ3v) is 7.05. The van der Waals surface area contributed by atoms with Crippen molar-refractivity contribution in [3.05, 3.63) is 131 Å². The predicted molar refractivity (Wildman–Crippen MR) is 148 cm³/mol. The minimum absolute atomic E-state index is 0.274. The van der Waals surface area contributed by atoms with Gasteiger partial charge in [0, 0.05) is 12.5 Å². The molecule has 1 aliphatic carbocycles. The van der Waals surface area contributed by atoms with Gasteiger partial charge in [0.2, 0.25) is 0 Å². The highest BCUT2D eigenvalue weighted by atomic mass is 16.5.